The molecule has 1 saturated carbocycles. The Balaban J connectivity index is 1.64. The number of thioether (sulfide) groups is 1. The molecule has 0 bridgehead atoms. The third kappa shape index (κ3) is 4.95. The molecule has 1 fully saturated rings. The third-order valence-electron chi connectivity index (χ3n) is 4.35. The van der Waals surface area contributed by atoms with Crippen molar-refractivity contribution < 1.29 is 4.79 Å². The van der Waals surface area contributed by atoms with E-state index in [9.17, 15) is 4.79 Å². The van der Waals surface area contributed by atoms with E-state index in [1.807, 2.05) is 19.1 Å². The van der Waals surface area contributed by atoms with E-state index in [1.165, 1.54) is 37.4 Å². The molecule has 0 radical (unpaired) electrons. The van der Waals surface area contributed by atoms with E-state index in [0.29, 0.717) is 16.2 Å². The first-order chi connectivity index (χ1) is 12.1. The molecule has 25 heavy (non-hydrogen) atoms. The Hall–Kier alpha value is -1.60. The lowest BCUT2D eigenvalue weighted by Gasteiger charge is -2.19. The van der Waals surface area contributed by atoms with Crippen molar-refractivity contribution in [1.82, 2.24) is 25.5 Å². The topological polar surface area (TPSA) is 72.7 Å². The summed E-state index contributed by atoms with van der Waals surface area (Å²) in [4.78, 5) is 12.5. The number of benzene rings is 1. The number of amides is 1. The highest BCUT2D eigenvalue weighted by atomic mass is 35.5. The van der Waals surface area contributed by atoms with E-state index in [0.717, 1.165) is 18.5 Å². The number of carbonyl (C=O) groups excluding carboxylic acids is 1. The second-order valence-electron chi connectivity index (χ2n) is 6.31. The molecule has 1 heterocycles. The summed E-state index contributed by atoms with van der Waals surface area (Å²) in [7, 11) is 0. The summed E-state index contributed by atoms with van der Waals surface area (Å²) >= 11 is 7.39. The molecular weight excluding hydrogens is 358 g/mol. The lowest BCUT2D eigenvalue weighted by molar-refractivity contribution is -0.121. The number of rotatable bonds is 5. The van der Waals surface area contributed by atoms with Gasteiger partial charge in [-0.25, -0.2) is 0 Å². The van der Waals surface area contributed by atoms with Crippen molar-refractivity contribution in [2.75, 3.05) is 0 Å². The molecule has 1 aromatic heterocycles. The van der Waals surface area contributed by atoms with Gasteiger partial charge in [-0.05, 0) is 48.4 Å². The average molecular weight is 380 g/mol. The van der Waals surface area contributed by atoms with E-state index < -0.39 is 0 Å². The number of nitrogens with zero attached hydrogens (tertiary/aromatic N) is 4. The standard InChI is InChI=1S/C17H22ClN5OS/c1-12(16(24)19-14-8-4-2-3-5-9-14)25-17-20-21-22-23(17)15-10-6-7-13(18)11-15/h6-7,10-12,14H,2-5,8-9H2,1H3,(H,19,24)/t12-/m1/s1. The van der Waals surface area contributed by atoms with E-state index in [1.54, 1.807) is 16.8 Å². The van der Waals surface area contributed by atoms with Crippen LogP contribution in [0.15, 0.2) is 29.4 Å². The van der Waals surface area contributed by atoms with E-state index in [2.05, 4.69) is 20.8 Å². The normalized spacial score (nSPS) is 17.0. The Kier molecular flexibility index (Phi) is 6.31. The average Bonchev–Trinajstić information content (AvgIpc) is 2.90. The summed E-state index contributed by atoms with van der Waals surface area (Å²) in [6.07, 6.45) is 7.07. The number of hydrogen-bond donors (Lipinski definition) is 1. The Morgan fingerprint density at radius 2 is 2.08 bits per heavy atom. The molecule has 0 unspecified atom stereocenters. The number of nitrogens with one attached hydrogen (secondary N) is 1. The molecular formula is C17H22ClN5OS. The van der Waals surface area contributed by atoms with Crippen LogP contribution in [0.2, 0.25) is 5.02 Å². The Labute approximate surface area is 156 Å². The fraction of sp³-hybridized carbons (Fsp3) is 0.529. The zero-order chi connectivity index (χ0) is 17.6. The Bertz CT molecular complexity index is 715. The fourth-order valence-electron chi connectivity index (χ4n) is 2.98. The van der Waals surface area contributed by atoms with Crippen molar-refractivity contribution in [3.8, 4) is 5.69 Å². The molecule has 1 aliphatic rings. The highest BCUT2D eigenvalue weighted by molar-refractivity contribution is 8.00. The molecule has 1 amide bonds. The summed E-state index contributed by atoms with van der Waals surface area (Å²) in [5, 5.41) is 15.9. The number of hydrogen-bond acceptors (Lipinski definition) is 5. The minimum atomic E-state index is -0.271. The van der Waals surface area contributed by atoms with E-state index in [4.69, 9.17) is 11.6 Å². The van der Waals surface area contributed by atoms with Crippen molar-refractivity contribution in [2.24, 2.45) is 0 Å². The van der Waals surface area contributed by atoms with Crippen molar-refractivity contribution in [3.05, 3.63) is 29.3 Å². The largest absolute Gasteiger partial charge is 0.352 e. The summed E-state index contributed by atoms with van der Waals surface area (Å²) in [6, 6.07) is 7.60. The van der Waals surface area contributed by atoms with Crippen LogP contribution >= 0.6 is 23.4 Å². The SMILES string of the molecule is C[C@@H](Sc1nnnn1-c1cccc(Cl)c1)C(=O)NC1CCCCCC1. The van der Waals surface area contributed by atoms with Crippen LogP contribution in [0, 0.1) is 0 Å². The molecule has 1 aliphatic carbocycles. The van der Waals surface area contributed by atoms with Crippen LogP contribution < -0.4 is 5.32 Å². The Morgan fingerprint density at radius 1 is 1.32 bits per heavy atom. The first-order valence-electron chi connectivity index (χ1n) is 8.65. The number of aromatic nitrogens is 4. The summed E-state index contributed by atoms with van der Waals surface area (Å²) in [5.41, 5.74) is 0.774. The minimum Gasteiger partial charge on any atom is -0.352 e. The molecule has 1 aromatic carbocycles. The molecule has 0 spiro atoms. The zero-order valence-electron chi connectivity index (χ0n) is 14.2. The maximum Gasteiger partial charge on any atom is 0.233 e. The third-order valence-corrected chi connectivity index (χ3v) is 5.61. The van der Waals surface area contributed by atoms with Crippen molar-refractivity contribution in [3.63, 3.8) is 0 Å². The minimum absolute atomic E-state index is 0.0394. The smallest absolute Gasteiger partial charge is 0.233 e. The van der Waals surface area contributed by atoms with Gasteiger partial charge in [-0.2, -0.15) is 4.68 Å². The van der Waals surface area contributed by atoms with Gasteiger partial charge in [-0.3, -0.25) is 4.79 Å². The quantitative estimate of drug-likeness (QED) is 0.634. The van der Waals surface area contributed by atoms with Crippen LogP contribution in [0.3, 0.4) is 0 Å². The summed E-state index contributed by atoms with van der Waals surface area (Å²) in [5.74, 6) is 0.0394. The molecule has 1 atom stereocenters. The lowest BCUT2D eigenvalue weighted by atomic mass is 10.1. The second kappa shape index (κ2) is 8.67. The predicted octanol–water partition coefficient (Wildman–Crippen LogP) is 3.64. The van der Waals surface area contributed by atoms with Gasteiger partial charge in [0, 0.05) is 11.1 Å². The number of carbonyl (C=O) groups is 1. The predicted molar refractivity (Wildman–Crippen MR) is 99.1 cm³/mol. The van der Waals surface area contributed by atoms with Gasteiger partial charge in [0.15, 0.2) is 0 Å². The maximum atomic E-state index is 12.5. The molecule has 0 aliphatic heterocycles. The van der Waals surface area contributed by atoms with Crippen LogP contribution in [0.1, 0.15) is 45.4 Å². The Morgan fingerprint density at radius 3 is 2.80 bits per heavy atom. The van der Waals surface area contributed by atoms with Crippen molar-refractivity contribution in [1.29, 1.82) is 0 Å². The van der Waals surface area contributed by atoms with Gasteiger partial charge < -0.3 is 5.32 Å². The highest BCUT2D eigenvalue weighted by Gasteiger charge is 2.22. The van der Waals surface area contributed by atoms with Gasteiger partial charge in [0.1, 0.15) is 0 Å². The molecule has 3 rings (SSSR count). The van der Waals surface area contributed by atoms with Crippen LogP contribution in [0.4, 0.5) is 0 Å². The maximum absolute atomic E-state index is 12.5. The molecule has 8 heteroatoms. The van der Waals surface area contributed by atoms with Crippen LogP contribution in [0.25, 0.3) is 5.69 Å². The molecule has 6 nitrogen and oxygen atoms in total. The molecule has 0 saturated heterocycles. The molecule has 2 aromatic rings. The summed E-state index contributed by atoms with van der Waals surface area (Å²) < 4.78 is 1.60. The van der Waals surface area contributed by atoms with Crippen molar-refractivity contribution >= 4 is 29.3 Å². The first-order valence-corrected chi connectivity index (χ1v) is 9.90. The van der Waals surface area contributed by atoms with Gasteiger partial charge in [0.05, 0.1) is 10.9 Å². The zero-order valence-corrected chi connectivity index (χ0v) is 15.8. The molecule has 1 N–H and O–H groups in total. The summed E-state index contributed by atoms with van der Waals surface area (Å²) in [6.45, 7) is 1.88. The first kappa shape index (κ1) is 18.2. The second-order valence-corrected chi connectivity index (χ2v) is 8.05. The van der Waals surface area contributed by atoms with Gasteiger partial charge in [-0.1, -0.05) is 55.1 Å². The van der Waals surface area contributed by atoms with E-state index >= 15 is 0 Å². The monoisotopic (exact) mass is 379 g/mol. The number of tetrazole rings is 1. The molecule has 134 valence electrons. The highest BCUT2D eigenvalue weighted by Crippen LogP contribution is 2.25. The van der Waals surface area contributed by atoms with Gasteiger partial charge >= 0.3 is 0 Å². The van der Waals surface area contributed by atoms with Gasteiger partial charge in [0.25, 0.3) is 0 Å². The van der Waals surface area contributed by atoms with Crippen LogP contribution in [-0.4, -0.2) is 37.4 Å². The van der Waals surface area contributed by atoms with Gasteiger partial charge in [-0.15, -0.1) is 5.10 Å². The lowest BCUT2D eigenvalue weighted by Crippen LogP contribution is -2.39. The van der Waals surface area contributed by atoms with Crippen molar-refractivity contribution in [2.45, 2.75) is 61.9 Å². The van der Waals surface area contributed by atoms with E-state index in [-0.39, 0.29) is 11.2 Å². The fourth-order valence-corrected chi connectivity index (χ4v) is 3.98. The van der Waals surface area contributed by atoms with Crippen LogP contribution in [-0.2, 0) is 4.79 Å². The number of halogens is 1. The van der Waals surface area contributed by atoms with Crippen LogP contribution in [0.5, 0.6) is 0 Å². The van der Waals surface area contributed by atoms with Gasteiger partial charge in [0.2, 0.25) is 11.1 Å².